The van der Waals surface area contributed by atoms with E-state index in [1.54, 1.807) is 19.1 Å². The van der Waals surface area contributed by atoms with Gasteiger partial charge in [0.1, 0.15) is 0 Å². The molecule has 0 aliphatic carbocycles. The number of aryl methyl sites for hydroxylation is 1. The largest absolute Gasteiger partial charge is 0.416 e. The first-order chi connectivity index (χ1) is 12.7. The second-order valence-corrected chi connectivity index (χ2v) is 6.36. The lowest BCUT2D eigenvalue weighted by atomic mass is 10.1. The fourth-order valence-corrected chi connectivity index (χ4v) is 2.99. The zero-order valence-corrected chi connectivity index (χ0v) is 14.7. The maximum atomic E-state index is 12.7. The molecule has 3 aromatic rings. The van der Waals surface area contributed by atoms with Crippen molar-refractivity contribution < 1.29 is 22.8 Å². The highest BCUT2D eigenvalue weighted by molar-refractivity contribution is 6.45. The van der Waals surface area contributed by atoms with E-state index in [9.17, 15) is 22.8 Å². The van der Waals surface area contributed by atoms with Gasteiger partial charge in [0.25, 0.3) is 11.7 Å². The SMILES string of the molecule is Cc1[nH]c2ccccc2c1C(=O)C(=O)N(C)Cc1ccc(C(F)(F)F)cc1. The van der Waals surface area contributed by atoms with Gasteiger partial charge in [-0.15, -0.1) is 0 Å². The van der Waals surface area contributed by atoms with Crippen molar-refractivity contribution in [2.24, 2.45) is 0 Å². The van der Waals surface area contributed by atoms with Crippen molar-refractivity contribution in [3.8, 4) is 0 Å². The van der Waals surface area contributed by atoms with Gasteiger partial charge in [-0.1, -0.05) is 30.3 Å². The highest BCUT2D eigenvalue weighted by Crippen LogP contribution is 2.29. The van der Waals surface area contributed by atoms with Crippen LogP contribution in [0.15, 0.2) is 48.5 Å². The minimum atomic E-state index is -4.41. The third kappa shape index (κ3) is 3.72. The van der Waals surface area contributed by atoms with E-state index in [1.165, 1.54) is 24.1 Å². The number of halogens is 3. The Hall–Kier alpha value is -3.09. The summed E-state index contributed by atoms with van der Waals surface area (Å²) in [4.78, 5) is 29.5. The quantitative estimate of drug-likeness (QED) is 0.546. The Labute approximate surface area is 153 Å². The number of fused-ring (bicyclic) bond motifs is 1. The Morgan fingerprint density at radius 2 is 1.67 bits per heavy atom. The van der Waals surface area contributed by atoms with Crippen molar-refractivity contribution in [1.29, 1.82) is 0 Å². The van der Waals surface area contributed by atoms with Gasteiger partial charge in [-0.3, -0.25) is 9.59 Å². The van der Waals surface area contributed by atoms with Crippen molar-refractivity contribution in [2.75, 3.05) is 7.05 Å². The van der Waals surface area contributed by atoms with Crippen molar-refractivity contribution >= 4 is 22.6 Å². The van der Waals surface area contributed by atoms with Crippen LogP contribution in [0.5, 0.6) is 0 Å². The number of amides is 1. The molecular formula is C20H17F3N2O2. The highest BCUT2D eigenvalue weighted by Gasteiger charge is 2.30. The molecule has 0 saturated heterocycles. The van der Waals surface area contributed by atoms with Gasteiger partial charge in [-0.05, 0) is 30.7 Å². The molecule has 0 radical (unpaired) electrons. The van der Waals surface area contributed by atoms with E-state index < -0.39 is 23.4 Å². The molecule has 0 bridgehead atoms. The molecule has 0 atom stereocenters. The number of nitrogens with one attached hydrogen (secondary N) is 1. The van der Waals surface area contributed by atoms with Crippen LogP contribution in [0.3, 0.4) is 0 Å². The number of aromatic amines is 1. The summed E-state index contributed by atoms with van der Waals surface area (Å²) in [6, 6.07) is 11.7. The summed E-state index contributed by atoms with van der Waals surface area (Å²) in [5.41, 5.74) is 1.41. The summed E-state index contributed by atoms with van der Waals surface area (Å²) < 4.78 is 37.9. The number of carbonyl (C=O) groups excluding carboxylic acids is 2. The number of benzene rings is 2. The summed E-state index contributed by atoms with van der Waals surface area (Å²) in [6.07, 6.45) is -4.41. The molecule has 1 heterocycles. The summed E-state index contributed by atoms with van der Waals surface area (Å²) in [5, 5.41) is 0.663. The monoisotopic (exact) mass is 374 g/mol. The number of alkyl halides is 3. The maximum Gasteiger partial charge on any atom is 0.416 e. The van der Waals surface area contributed by atoms with Crippen LogP contribution in [0.1, 0.15) is 27.2 Å². The second-order valence-electron chi connectivity index (χ2n) is 6.36. The Morgan fingerprint density at radius 3 is 2.30 bits per heavy atom. The molecule has 0 aliphatic heterocycles. The zero-order valence-electron chi connectivity index (χ0n) is 14.7. The molecular weight excluding hydrogens is 357 g/mol. The van der Waals surface area contributed by atoms with E-state index >= 15 is 0 Å². The zero-order chi connectivity index (χ0) is 19.8. The van der Waals surface area contributed by atoms with Crippen LogP contribution in [0.25, 0.3) is 10.9 Å². The van der Waals surface area contributed by atoms with E-state index in [1.807, 2.05) is 12.1 Å². The molecule has 2 aromatic carbocycles. The van der Waals surface area contributed by atoms with Crippen LogP contribution >= 0.6 is 0 Å². The fraction of sp³-hybridized carbons (Fsp3) is 0.200. The van der Waals surface area contributed by atoms with Crippen molar-refractivity contribution in [3.63, 3.8) is 0 Å². The van der Waals surface area contributed by atoms with Crippen molar-refractivity contribution in [2.45, 2.75) is 19.6 Å². The molecule has 0 aliphatic rings. The lowest BCUT2D eigenvalue weighted by Crippen LogP contribution is -2.33. The fourth-order valence-electron chi connectivity index (χ4n) is 2.99. The second kappa shape index (κ2) is 6.90. The average Bonchev–Trinajstić information content (AvgIpc) is 2.95. The van der Waals surface area contributed by atoms with E-state index in [4.69, 9.17) is 0 Å². The number of aromatic nitrogens is 1. The van der Waals surface area contributed by atoms with Gasteiger partial charge in [-0.2, -0.15) is 13.2 Å². The van der Waals surface area contributed by atoms with Gasteiger partial charge in [0.05, 0.1) is 11.1 Å². The van der Waals surface area contributed by atoms with Crippen molar-refractivity contribution in [1.82, 2.24) is 9.88 Å². The van der Waals surface area contributed by atoms with Crippen LogP contribution in [0, 0.1) is 6.92 Å². The summed E-state index contributed by atoms with van der Waals surface area (Å²) in [7, 11) is 1.45. The van der Waals surface area contributed by atoms with E-state index in [-0.39, 0.29) is 6.54 Å². The molecule has 0 spiro atoms. The molecule has 0 fully saturated rings. The molecule has 3 rings (SSSR count). The first kappa shape index (κ1) is 18.7. The molecule has 27 heavy (non-hydrogen) atoms. The Bertz CT molecular complexity index is 1000. The van der Waals surface area contributed by atoms with Crippen LogP contribution in [0.4, 0.5) is 13.2 Å². The first-order valence-electron chi connectivity index (χ1n) is 8.21. The minimum absolute atomic E-state index is 0.0319. The highest BCUT2D eigenvalue weighted by atomic mass is 19.4. The number of carbonyl (C=O) groups is 2. The van der Waals surface area contributed by atoms with E-state index in [0.717, 1.165) is 17.6 Å². The number of likely N-dealkylation sites (N-methyl/N-ethyl adjacent to an activating group) is 1. The Balaban J connectivity index is 1.78. The topological polar surface area (TPSA) is 53.2 Å². The van der Waals surface area contributed by atoms with Gasteiger partial charge in [0.15, 0.2) is 0 Å². The minimum Gasteiger partial charge on any atom is -0.358 e. The number of para-hydroxylation sites is 1. The molecule has 1 aromatic heterocycles. The van der Waals surface area contributed by atoms with Crippen LogP contribution in [0.2, 0.25) is 0 Å². The molecule has 7 heteroatoms. The molecule has 4 nitrogen and oxygen atoms in total. The maximum absolute atomic E-state index is 12.7. The number of nitrogens with zero attached hydrogens (tertiary/aromatic N) is 1. The summed E-state index contributed by atoms with van der Waals surface area (Å²) >= 11 is 0. The van der Waals surface area contributed by atoms with Crippen LogP contribution < -0.4 is 0 Å². The number of hydrogen-bond donors (Lipinski definition) is 1. The summed E-state index contributed by atoms with van der Waals surface area (Å²) in [5.74, 6) is -1.37. The smallest absolute Gasteiger partial charge is 0.358 e. The molecule has 140 valence electrons. The van der Waals surface area contributed by atoms with E-state index in [0.29, 0.717) is 22.2 Å². The average molecular weight is 374 g/mol. The van der Waals surface area contributed by atoms with Gasteiger partial charge in [-0.25, -0.2) is 0 Å². The van der Waals surface area contributed by atoms with Gasteiger partial charge in [0.2, 0.25) is 0 Å². The van der Waals surface area contributed by atoms with Gasteiger partial charge in [0, 0.05) is 30.2 Å². The Kier molecular flexibility index (Phi) is 4.78. The molecule has 0 saturated carbocycles. The van der Waals surface area contributed by atoms with Crippen molar-refractivity contribution in [3.05, 3.63) is 70.9 Å². The normalized spacial score (nSPS) is 11.6. The Morgan fingerprint density at radius 1 is 1.04 bits per heavy atom. The first-order valence-corrected chi connectivity index (χ1v) is 8.21. The van der Waals surface area contributed by atoms with Gasteiger partial charge < -0.3 is 9.88 Å². The number of hydrogen-bond acceptors (Lipinski definition) is 2. The number of H-pyrrole nitrogens is 1. The predicted molar refractivity (Wildman–Crippen MR) is 95.3 cm³/mol. The van der Waals surface area contributed by atoms with E-state index in [2.05, 4.69) is 4.98 Å². The number of ketones is 1. The lowest BCUT2D eigenvalue weighted by molar-refractivity contribution is -0.137. The molecule has 0 unspecified atom stereocenters. The number of Topliss-reactive ketones (excluding diaryl/α,β-unsaturated/α-hetero) is 1. The lowest BCUT2D eigenvalue weighted by Gasteiger charge is -2.17. The third-order valence-electron chi connectivity index (χ3n) is 4.36. The van der Waals surface area contributed by atoms with Crippen LogP contribution in [-0.2, 0) is 17.5 Å². The third-order valence-corrected chi connectivity index (χ3v) is 4.36. The van der Waals surface area contributed by atoms with Crippen LogP contribution in [-0.4, -0.2) is 28.6 Å². The predicted octanol–water partition coefficient (Wildman–Crippen LogP) is 4.34. The molecule has 1 N–H and O–H groups in total. The standard InChI is InChI=1S/C20H17F3N2O2/c1-12-17(15-5-3-4-6-16(15)24-12)18(26)19(27)25(2)11-13-7-9-14(10-8-13)20(21,22)23/h3-10,24H,11H2,1-2H3. The molecule has 1 amide bonds. The van der Waals surface area contributed by atoms with Gasteiger partial charge >= 0.3 is 6.18 Å². The summed E-state index contributed by atoms with van der Waals surface area (Å²) in [6.45, 7) is 1.75. The number of rotatable bonds is 4.